The Hall–Kier alpha value is -1.88. The normalized spacial score (nSPS) is 21.7. The van der Waals surface area contributed by atoms with E-state index in [2.05, 4.69) is 23.4 Å². The van der Waals surface area contributed by atoms with Gasteiger partial charge in [0.05, 0.1) is 22.7 Å². The monoisotopic (exact) mass is 288 g/mol. The topological polar surface area (TPSA) is 75.3 Å². The largest absolute Gasteiger partial charge is 0.478 e. The van der Waals surface area contributed by atoms with Crippen molar-refractivity contribution in [3.8, 4) is 0 Å². The minimum atomic E-state index is -0.921. The molecule has 112 valence electrons. The van der Waals surface area contributed by atoms with E-state index >= 15 is 0 Å². The number of aromatic nitrogens is 2. The lowest BCUT2D eigenvalue weighted by atomic mass is 9.82. The molecule has 1 fully saturated rings. The Kier molecular flexibility index (Phi) is 3.45. The van der Waals surface area contributed by atoms with Crippen LogP contribution in [0.1, 0.15) is 48.8 Å². The van der Waals surface area contributed by atoms with Crippen molar-refractivity contribution in [3.05, 3.63) is 29.6 Å². The van der Waals surface area contributed by atoms with Gasteiger partial charge in [0.1, 0.15) is 5.82 Å². The van der Waals surface area contributed by atoms with Gasteiger partial charge in [0.2, 0.25) is 0 Å². The van der Waals surface area contributed by atoms with Crippen molar-refractivity contribution in [2.45, 2.75) is 45.3 Å². The van der Waals surface area contributed by atoms with E-state index in [9.17, 15) is 9.90 Å². The summed E-state index contributed by atoms with van der Waals surface area (Å²) in [4.78, 5) is 15.8. The molecule has 1 aromatic carbocycles. The second-order valence-electron chi connectivity index (χ2n) is 6.24. The lowest BCUT2D eigenvalue weighted by molar-refractivity contribution is 0.0353. The number of aromatic carboxylic acids is 1. The molecular formula is C16H20N2O3. The van der Waals surface area contributed by atoms with Crippen LogP contribution >= 0.6 is 0 Å². The molecule has 0 saturated heterocycles. The number of nitrogens with zero attached hydrogens (tertiary/aromatic N) is 2. The van der Waals surface area contributed by atoms with Crippen molar-refractivity contribution in [2.24, 2.45) is 5.92 Å². The van der Waals surface area contributed by atoms with Crippen LogP contribution in [0.5, 0.6) is 0 Å². The van der Waals surface area contributed by atoms with Crippen molar-refractivity contribution in [3.63, 3.8) is 0 Å². The molecule has 21 heavy (non-hydrogen) atoms. The van der Waals surface area contributed by atoms with Crippen molar-refractivity contribution < 1.29 is 15.0 Å². The van der Waals surface area contributed by atoms with Crippen LogP contribution in [-0.4, -0.2) is 31.8 Å². The molecule has 3 rings (SSSR count). The average Bonchev–Trinajstić information content (AvgIpc) is 2.75. The van der Waals surface area contributed by atoms with Gasteiger partial charge in [0.25, 0.3) is 0 Å². The van der Waals surface area contributed by atoms with Gasteiger partial charge >= 0.3 is 5.97 Å². The molecule has 0 atom stereocenters. The Bertz CT molecular complexity index is 684. The number of fused-ring (bicyclic) bond motifs is 1. The summed E-state index contributed by atoms with van der Waals surface area (Å²) in [6.07, 6.45) is 1.45. The summed E-state index contributed by atoms with van der Waals surface area (Å²) in [6, 6.07) is 5.07. The molecule has 0 radical (unpaired) electrons. The van der Waals surface area contributed by atoms with Gasteiger partial charge < -0.3 is 14.8 Å². The van der Waals surface area contributed by atoms with Crippen LogP contribution in [0.3, 0.4) is 0 Å². The van der Waals surface area contributed by atoms with Crippen LogP contribution in [-0.2, 0) is 6.54 Å². The van der Waals surface area contributed by atoms with E-state index < -0.39 is 5.97 Å². The van der Waals surface area contributed by atoms with Gasteiger partial charge in [0.15, 0.2) is 0 Å². The van der Waals surface area contributed by atoms with Gasteiger partial charge in [-0.3, -0.25) is 0 Å². The van der Waals surface area contributed by atoms with E-state index in [1.165, 1.54) is 0 Å². The molecule has 5 nitrogen and oxygen atoms in total. The third-order valence-corrected chi connectivity index (χ3v) is 4.19. The lowest BCUT2D eigenvalue weighted by Gasteiger charge is -2.32. The van der Waals surface area contributed by atoms with Crippen LogP contribution in [0, 0.1) is 5.92 Å². The van der Waals surface area contributed by atoms with Gasteiger partial charge in [-0.05, 0) is 37.0 Å². The zero-order valence-corrected chi connectivity index (χ0v) is 12.3. The van der Waals surface area contributed by atoms with Gasteiger partial charge in [-0.1, -0.05) is 13.8 Å². The van der Waals surface area contributed by atoms with E-state index in [1.807, 2.05) is 0 Å². The fraction of sp³-hybridized carbons (Fsp3) is 0.500. The Morgan fingerprint density at radius 2 is 2.14 bits per heavy atom. The van der Waals surface area contributed by atoms with E-state index in [-0.39, 0.29) is 17.6 Å². The zero-order chi connectivity index (χ0) is 15.1. The SMILES string of the molecule is CC(C)c1nc2ccc(C(=O)O)cc2n1CC1CC(O)C1. The molecule has 5 heteroatoms. The van der Waals surface area contributed by atoms with E-state index in [0.717, 1.165) is 36.2 Å². The van der Waals surface area contributed by atoms with Crippen molar-refractivity contribution in [1.29, 1.82) is 0 Å². The molecule has 0 unspecified atom stereocenters. The minimum absolute atomic E-state index is 0.179. The first-order chi connectivity index (χ1) is 9.95. The molecule has 1 saturated carbocycles. The number of rotatable bonds is 4. The molecule has 0 spiro atoms. The Balaban J connectivity index is 2.05. The Labute approximate surface area is 123 Å². The summed E-state index contributed by atoms with van der Waals surface area (Å²) in [5.74, 6) is 0.780. The first-order valence-corrected chi connectivity index (χ1v) is 7.37. The minimum Gasteiger partial charge on any atom is -0.478 e. The molecule has 0 aliphatic heterocycles. The number of hydrogen-bond donors (Lipinski definition) is 2. The van der Waals surface area contributed by atoms with Crippen LogP contribution in [0.2, 0.25) is 0 Å². The standard InChI is InChI=1S/C16H20N2O3/c1-9(2)15-17-13-4-3-11(16(20)21)7-14(13)18(15)8-10-5-12(19)6-10/h3-4,7,9-10,12,19H,5-6,8H2,1-2H3,(H,20,21). The first-order valence-electron chi connectivity index (χ1n) is 7.37. The fourth-order valence-corrected chi connectivity index (χ4v) is 3.01. The van der Waals surface area contributed by atoms with Crippen LogP contribution < -0.4 is 0 Å². The molecular weight excluding hydrogens is 268 g/mol. The van der Waals surface area contributed by atoms with Crippen molar-refractivity contribution >= 4 is 17.0 Å². The zero-order valence-electron chi connectivity index (χ0n) is 12.3. The van der Waals surface area contributed by atoms with Crippen molar-refractivity contribution in [2.75, 3.05) is 0 Å². The number of carboxylic acid groups (broad SMARTS) is 1. The highest BCUT2D eigenvalue weighted by Gasteiger charge is 2.29. The quantitative estimate of drug-likeness (QED) is 0.907. The van der Waals surface area contributed by atoms with Gasteiger partial charge in [0, 0.05) is 12.5 Å². The second-order valence-corrected chi connectivity index (χ2v) is 6.24. The van der Waals surface area contributed by atoms with E-state index in [0.29, 0.717) is 5.92 Å². The van der Waals surface area contributed by atoms with Crippen LogP contribution in [0.25, 0.3) is 11.0 Å². The molecule has 2 N–H and O–H groups in total. The van der Waals surface area contributed by atoms with E-state index in [1.54, 1.807) is 18.2 Å². The molecule has 1 aromatic heterocycles. The Morgan fingerprint density at radius 3 is 2.71 bits per heavy atom. The summed E-state index contributed by atoms with van der Waals surface area (Å²) >= 11 is 0. The summed E-state index contributed by atoms with van der Waals surface area (Å²) < 4.78 is 2.13. The van der Waals surface area contributed by atoms with Crippen molar-refractivity contribution in [1.82, 2.24) is 9.55 Å². The Morgan fingerprint density at radius 1 is 1.43 bits per heavy atom. The highest BCUT2D eigenvalue weighted by molar-refractivity contribution is 5.92. The molecule has 1 heterocycles. The molecule has 0 amide bonds. The van der Waals surface area contributed by atoms with Gasteiger partial charge in [-0.2, -0.15) is 0 Å². The summed E-state index contributed by atoms with van der Waals surface area (Å²) in [5, 5.41) is 18.6. The molecule has 0 bridgehead atoms. The van der Waals surface area contributed by atoms with Gasteiger partial charge in [-0.15, -0.1) is 0 Å². The maximum absolute atomic E-state index is 11.2. The summed E-state index contributed by atoms with van der Waals surface area (Å²) in [7, 11) is 0. The molecule has 1 aliphatic rings. The number of imidazole rings is 1. The van der Waals surface area contributed by atoms with Crippen LogP contribution in [0.4, 0.5) is 0 Å². The maximum Gasteiger partial charge on any atom is 0.335 e. The number of carbonyl (C=O) groups is 1. The number of aliphatic hydroxyl groups is 1. The number of hydrogen-bond acceptors (Lipinski definition) is 3. The van der Waals surface area contributed by atoms with Crippen LogP contribution in [0.15, 0.2) is 18.2 Å². The fourth-order valence-electron chi connectivity index (χ4n) is 3.01. The highest BCUT2D eigenvalue weighted by atomic mass is 16.4. The number of aliphatic hydroxyl groups excluding tert-OH is 1. The van der Waals surface area contributed by atoms with Gasteiger partial charge in [-0.25, -0.2) is 9.78 Å². The molecule has 2 aromatic rings. The predicted molar refractivity (Wildman–Crippen MR) is 79.5 cm³/mol. The average molecular weight is 288 g/mol. The number of carboxylic acids is 1. The third-order valence-electron chi connectivity index (χ3n) is 4.19. The maximum atomic E-state index is 11.2. The summed E-state index contributed by atoms with van der Waals surface area (Å²) in [6.45, 7) is 4.97. The first kappa shape index (κ1) is 14.1. The number of benzene rings is 1. The smallest absolute Gasteiger partial charge is 0.335 e. The summed E-state index contributed by atoms with van der Waals surface area (Å²) in [5.41, 5.74) is 2.00. The predicted octanol–water partition coefficient (Wildman–Crippen LogP) is 2.63. The third kappa shape index (κ3) is 2.53. The lowest BCUT2D eigenvalue weighted by Crippen LogP contribution is -2.32. The molecule has 1 aliphatic carbocycles. The highest BCUT2D eigenvalue weighted by Crippen LogP contribution is 2.32. The second kappa shape index (κ2) is 5.15. The van der Waals surface area contributed by atoms with E-state index in [4.69, 9.17) is 5.11 Å².